The second kappa shape index (κ2) is 10.2. The molecule has 0 spiro atoms. The quantitative estimate of drug-likeness (QED) is 0.389. The second-order valence-corrected chi connectivity index (χ2v) is 8.85. The van der Waals surface area contributed by atoms with Crippen molar-refractivity contribution in [3.8, 4) is 0 Å². The average molecular weight is 459 g/mol. The molecule has 0 saturated carbocycles. The Morgan fingerprint density at radius 2 is 1.53 bits per heavy atom. The lowest BCUT2D eigenvalue weighted by Gasteiger charge is -2.38. The van der Waals surface area contributed by atoms with Gasteiger partial charge in [-0.1, -0.05) is 54.6 Å². The Morgan fingerprint density at radius 3 is 2.24 bits per heavy atom. The molecule has 0 N–H and O–H groups in total. The van der Waals surface area contributed by atoms with E-state index in [2.05, 4.69) is 39.0 Å². The number of piperazine rings is 1. The average Bonchev–Trinajstić information content (AvgIpc) is 2.90. The molecule has 7 nitrogen and oxygen atoms in total. The molecule has 2 aliphatic heterocycles. The summed E-state index contributed by atoms with van der Waals surface area (Å²) >= 11 is 0. The van der Waals surface area contributed by atoms with Gasteiger partial charge in [0.05, 0.1) is 11.5 Å². The smallest absolute Gasteiger partial charge is 0.292 e. The van der Waals surface area contributed by atoms with Crippen LogP contribution < -0.4 is 9.80 Å². The molecule has 176 valence electrons. The molecule has 1 unspecified atom stereocenters. The van der Waals surface area contributed by atoms with Crippen LogP contribution in [0.2, 0.25) is 0 Å². The van der Waals surface area contributed by atoms with Crippen molar-refractivity contribution in [2.45, 2.75) is 19.2 Å². The number of hydrogen-bond acceptors (Lipinski definition) is 6. The van der Waals surface area contributed by atoms with Gasteiger partial charge in [0.2, 0.25) is 0 Å². The third-order valence-electron chi connectivity index (χ3n) is 6.65. The molecule has 2 heterocycles. The number of ether oxygens (including phenoxy) is 1. The lowest BCUT2D eigenvalue weighted by atomic mass is 10.1. The number of nitrogens with zero attached hydrogens (tertiary/aromatic N) is 4. The van der Waals surface area contributed by atoms with Crippen LogP contribution in [0.3, 0.4) is 0 Å². The van der Waals surface area contributed by atoms with Crippen LogP contribution in [-0.2, 0) is 11.3 Å². The number of nitro benzene ring substituents is 1. The zero-order chi connectivity index (χ0) is 23.3. The molecule has 0 radical (unpaired) electrons. The summed E-state index contributed by atoms with van der Waals surface area (Å²) in [7, 11) is 0. The van der Waals surface area contributed by atoms with Crippen LogP contribution in [0.5, 0.6) is 0 Å². The number of hydrogen-bond donors (Lipinski definition) is 0. The first-order chi connectivity index (χ1) is 16.7. The molecule has 0 aliphatic carbocycles. The number of para-hydroxylation sites is 1. The molecule has 1 atom stereocenters. The molecule has 3 aromatic carbocycles. The second-order valence-electron chi connectivity index (χ2n) is 8.85. The van der Waals surface area contributed by atoms with Crippen molar-refractivity contribution in [1.29, 1.82) is 0 Å². The van der Waals surface area contributed by atoms with Gasteiger partial charge < -0.3 is 14.5 Å². The molecule has 0 aromatic heterocycles. The predicted octanol–water partition coefficient (Wildman–Crippen LogP) is 4.84. The Balaban J connectivity index is 1.34. The monoisotopic (exact) mass is 458 g/mol. The van der Waals surface area contributed by atoms with Crippen molar-refractivity contribution in [1.82, 2.24) is 4.90 Å². The lowest BCUT2D eigenvalue weighted by molar-refractivity contribution is -0.384. The van der Waals surface area contributed by atoms with Crippen LogP contribution in [0, 0.1) is 10.1 Å². The Morgan fingerprint density at radius 1 is 0.853 bits per heavy atom. The zero-order valence-electron chi connectivity index (χ0n) is 19.3. The van der Waals surface area contributed by atoms with E-state index in [1.165, 1.54) is 11.3 Å². The number of anilines is 2. The molecule has 0 amide bonds. The highest BCUT2D eigenvalue weighted by molar-refractivity contribution is 5.65. The Kier molecular flexibility index (Phi) is 6.74. The Hall–Kier alpha value is -3.42. The normalized spacial score (nSPS) is 19.2. The maximum Gasteiger partial charge on any atom is 0.292 e. The standard InChI is InChI=1S/C27H30N4O3/c32-31(33)26-20-23(27-30(14-7-19-34-27)21-22-8-3-1-4-9-22)12-13-25(26)29-17-15-28(16-18-29)24-10-5-2-6-11-24/h1-6,8-13,20,27H,7,14-19,21H2. The summed E-state index contributed by atoms with van der Waals surface area (Å²) in [5.74, 6) is 0. The van der Waals surface area contributed by atoms with Gasteiger partial charge in [0.25, 0.3) is 5.69 Å². The summed E-state index contributed by atoms with van der Waals surface area (Å²) in [5.41, 5.74) is 4.08. The summed E-state index contributed by atoms with van der Waals surface area (Å²) in [6, 6.07) is 26.2. The van der Waals surface area contributed by atoms with Gasteiger partial charge in [0.1, 0.15) is 11.9 Å². The number of rotatable bonds is 6. The maximum atomic E-state index is 12.1. The van der Waals surface area contributed by atoms with Gasteiger partial charge in [0.15, 0.2) is 0 Å². The molecular weight excluding hydrogens is 428 g/mol. The molecular formula is C27H30N4O3. The van der Waals surface area contributed by atoms with Gasteiger partial charge in [-0.25, -0.2) is 0 Å². The zero-order valence-corrected chi connectivity index (χ0v) is 19.3. The van der Waals surface area contributed by atoms with Crippen LogP contribution in [-0.4, -0.2) is 49.2 Å². The first kappa shape index (κ1) is 22.4. The summed E-state index contributed by atoms with van der Waals surface area (Å²) in [6.07, 6.45) is 0.673. The number of benzene rings is 3. The first-order valence-corrected chi connectivity index (χ1v) is 11.9. The van der Waals surface area contributed by atoms with Crippen LogP contribution in [0.15, 0.2) is 78.9 Å². The van der Waals surface area contributed by atoms with Gasteiger partial charge in [-0.05, 0) is 30.2 Å². The largest absolute Gasteiger partial charge is 0.368 e. The summed E-state index contributed by atoms with van der Waals surface area (Å²) < 4.78 is 6.12. The summed E-state index contributed by atoms with van der Waals surface area (Å²) in [6.45, 7) is 5.47. The van der Waals surface area contributed by atoms with Crippen molar-refractivity contribution < 1.29 is 9.66 Å². The van der Waals surface area contributed by atoms with Gasteiger partial charge in [-0.15, -0.1) is 0 Å². The third-order valence-corrected chi connectivity index (χ3v) is 6.65. The van der Waals surface area contributed by atoms with E-state index in [4.69, 9.17) is 4.74 Å². The molecule has 3 aromatic rings. The topological polar surface area (TPSA) is 62.1 Å². The highest BCUT2D eigenvalue weighted by Gasteiger charge is 2.29. The predicted molar refractivity (Wildman–Crippen MR) is 134 cm³/mol. The Labute approximate surface area is 200 Å². The van der Waals surface area contributed by atoms with Gasteiger partial charge in [0, 0.05) is 56.6 Å². The lowest BCUT2D eigenvalue weighted by Crippen LogP contribution is -2.46. The van der Waals surface area contributed by atoms with Crippen molar-refractivity contribution in [2.75, 3.05) is 49.1 Å². The fourth-order valence-corrected chi connectivity index (χ4v) is 4.92. The van der Waals surface area contributed by atoms with Crippen LogP contribution >= 0.6 is 0 Å². The van der Waals surface area contributed by atoms with Crippen molar-refractivity contribution in [3.05, 3.63) is 100 Å². The van der Waals surface area contributed by atoms with E-state index in [9.17, 15) is 10.1 Å². The molecule has 5 rings (SSSR count). The van der Waals surface area contributed by atoms with E-state index < -0.39 is 0 Å². The highest BCUT2D eigenvalue weighted by atomic mass is 16.6. The molecule has 2 aliphatic rings. The van der Waals surface area contributed by atoms with Gasteiger partial charge in [-0.2, -0.15) is 0 Å². The van der Waals surface area contributed by atoms with Crippen molar-refractivity contribution in [3.63, 3.8) is 0 Å². The van der Waals surface area contributed by atoms with E-state index >= 15 is 0 Å². The number of nitro groups is 1. The molecule has 7 heteroatoms. The minimum absolute atomic E-state index is 0.152. The minimum Gasteiger partial charge on any atom is -0.368 e. The molecule has 2 fully saturated rings. The summed E-state index contributed by atoms with van der Waals surface area (Å²) in [4.78, 5) is 18.5. The fraction of sp³-hybridized carbons (Fsp3) is 0.333. The van der Waals surface area contributed by atoms with Crippen LogP contribution in [0.4, 0.5) is 17.1 Å². The van der Waals surface area contributed by atoms with Crippen LogP contribution in [0.25, 0.3) is 0 Å². The molecule has 0 bridgehead atoms. The first-order valence-electron chi connectivity index (χ1n) is 11.9. The van der Waals surface area contributed by atoms with Gasteiger partial charge >= 0.3 is 0 Å². The van der Waals surface area contributed by atoms with Crippen LogP contribution in [0.1, 0.15) is 23.8 Å². The van der Waals surface area contributed by atoms with Crippen molar-refractivity contribution >= 4 is 17.1 Å². The molecule has 2 saturated heterocycles. The summed E-state index contributed by atoms with van der Waals surface area (Å²) in [5, 5.41) is 12.1. The Bertz CT molecular complexity index is 1100. The van der Waals surface area contributed by atoms with E-state index in [1.54, 1.807) is 6.07 Å². The van der Waals surface area contributed by atoms with Crippen molar-refractivity contribution in [2.24, 2.45) is 0 Å². The van der Waals surface area contributed by atoms with E-state index in [1.807, 2.05) is 48.5 Å². The highest BCUT2D eigenvalue weighted by Crippen LogP contribution is 2.36. The third kappa shape index (κ3) is 4.90. The SMILES string of the molecule is O=[N+]([O-])c1cc(C2OCCCN2Cc2ccccc2)ccc1N1CCN(c2ccccc2)CC1. The van der Waals surface area contributed by atoms with E-state index in [0.717, 1.165) is 51.3 Å². The van der Waals surface area contributed by atoms with Gasteiger partial charge in [-0.3, -0.25) is 15.0 Å². The van der Waals surface area contributed by atoms with E-state index in [-0.39, 0.29) is 16.8 Å². The van der Waals surface area contributed by atoms with E-state index in [0.29, 0.717) is 12.3 Å². The minimum atomic E-state index is -0.281. The fourth-order valence-electron chi connectivity index (χ4n) is 4.92. The molecule has 34 heavy (non-hydrogen) atoms. The maximum absolute atomic E-state index is 12.1.